The maximum absolute atomic E-state index is 12.4. The summed E-state index contributed by atoms with van der Waals surface area (Å²) >= 11 is 5.36. The number of thiocarbonyl (C=S) groups is 1. The van der Waals surface area contributed by atoms with Gasteiger partial charge in [0.1, 0.15) is 5.75 Å². The highest BCUT2D eigenvalue weighted by Gasteiger charge is 2.20. The quantitative estimate of drug-likeness (QED) is 0.657. The molecule has 0 atom stereocenters. The van der Waals surface area contributed by atoms with Gasteiger partial charge in [-0.25, -0.2) is 0 Å². The Bertz CT molecular complexity index is 816. The maximum atomic E-state index is 12.4. The van der Waals surface area contributed by atoms with Crippen molar-refractivity contribution in [3.8, 4) is 5.75 Å². The van der Waals surface area contributed by atoms with Crippen LogP contribution in [0.5, 0.6) is 5.75 Å². The van der Waals surface area contributed by atoms with E-state index in [9.17, 15) is 4.79 Å². The van der Waals surface area contributed by atoms with E-state index in [1.54, 1.807) is 12.1 Å². The van der Waals surface area contributed by atoms with Crippen molar-refractivity contribution < 1.29 is 9.53 Å². The number of ether oxygens (including phenoxy) is 1. The third kappa shape index (κ3) is 7.11. The molecule has 1 fully saturated rings. The zero-order valence-electron chi connectivity index (χ0n) is 17.8. The molecule has 0 bridgehead atoms. The molecule has 6 heteroatoms. The highest BCUT2D eigenvalue weighted by Crippen LogP contribution is 2.15. The second-order valence-electron chi connectivity index (χ2n) is 8.19. The Kier molecular flexibility index (Phi) is 8.22. The summed E-state index contributed by atoms with van der Waals surface area (Å²) in [6.45, 7) is 7.86. The lowest BCUT2D eigenvalue weighted by molar-refractivity contribution is 0.0976. The number of rotatable bonds is 7. The minimum atomic E-state index is -0.204. The van der Waals surface area contributed by atoms with Crippen molar-refractivity contribution >= 4 is 23.2 Å². The molecule has 2 aromatic rings. The number of benzene rings is 2. The van der Waals surface area contributed by atoms with Gasteiger partial charge in [-0.1, -0.05) is 44.2 Å². The summed E-state index contributed by atoms with van der Waals surface area (Å²) in [4.78, 5) is 14.9. The van der Waals surface area contributed by atoms with Crippen molar-refractivity contribution in [3.63, 3.8) is 0 Å². The van der Waals surface area contributed by atoms with Crippen molar-refractivity contribution in [1.82, 2.24) is 15.5 Å². The molecule has 0 aromatic heterocycles. The molecule has 1 amide bonds. The van der Waals surface area contributed by atoms with Crippen LogP contribution >= 0.6 is 12.2 Å². The largest absolute Gasteiger partial charge is 0.493 e. The Hall–Kier alpha value is -2.44. The van der Waals surface area contributed by atoms with Crippen LogP contribution < -0.4 is 15.4 Å². The molecule has 2 N–H and O–H groups in total. The highest BCUT2D eigenvalue weighted by molar-refractivity contribution is 7.80. The fraction of sp³-hybridized carbons (Fsp3) is 0.417. The van der Waals surface area contributed by atoms with Gasteiger partial charge >= 0.3 is 0 Å². The van der Waals surface area contributed by atoms with Crippen molar-refractivity contribution in [2.24, 2.45) is 5.92 Å². The third-order valence-corrected chi connectivity index (χ3v) is 5.32. The van der Waals surface area contributed by atoms with Crippen LogP contribution in [0.2, 0.25) is 0 Å². The number of hydrogen-bond acceptors (Lipinski definition) is 4. The van der Waals surface area contributed by atoms with Crippen LogP contribution in [0.4, 0.5) is 0 Å². The Morgan fingerprint density at radius 3 is 2.40 bits per heavy atom. The summed E-state index contributed by atoms with van der Waals surface area (Å²) in [5.41, 5.74) is 1.90. The van der Waals surface area contributed by atoms with Crippen LogP contribution in [-0.2, 0) is 6.54 Å². The van der Waals surface area contributed by atoms with Gasteiger partial charge in [0.2, 0.25) is 0 Å². The van der Waals surface area contributed by atoms with Crippen LogP contribution in [0.15, 0.2) is 54.6 Å². The molecule has 0 spiro atoms. The smallest absolute Gasteiger partial charge is 0.257 e. The monoisotopic (exact) mass is 425 g/mol. The van der Waals surface area contributed by atoms with Crippen molar-refractivity contribution in [2.75, 3.05) is 19.7 Å². The van der Waals surface area contributed by atoms with E-state index in [-0.39, 0.29) is 11.9 Å². The number of piperidine rings is 1. The molecule has 5 nitrogen and oxygen atoms in total. The number of likely N-dealkylation sites (tertiary alicyclic amines) is 1. The first kappa shape index (κ1) is 22.2. The van der Waals surface area contributed by atoms with Gasteiger partial charge in [0.05, 0.1) is 6.61 Å². The molecule has 3 rings (SSSR count). The molecule has 160 valence electrons. The number of hydrogen-bond donors (Lipinski definition) is 2. The van der Waals surface area contributed by atoms with Crippen LogP contribution in [0.1, 0.15) is 42.6 Å². The molecule has 1 aliphatic heterocycles. The predicted octanol–water partition coefficient (Wildman–Crippen LogP) is 3.99. The lowest BCUT2D eigenvalue weighted by atomic mass is 10.0. The maximum Gasteiger partial charge on any atom is 0.257 e. The molecule has 0 aliphatic carbocycles. The fourth-order valence-corrected chi connectivity index (χ4v) is 3.70. The van der Waals surface area contributed by atoms with Gasteiger partial charge in [-0.3, -0.25) is 15.0 Å². The van der Waals surface area contributed by atoms with E-state index in [4.69, 9.17) is 17.0 Å². The molecule has 1 aliphatic rings. The van der Waals surface area contributed by atoms with Gasteiger partial charge in [-0.05, 0) is 60.8 Å². The van der Waals surface area contributed by atoms with Crippen LogP contribution in [0.25, 0.3) is 0 Å². The first-order chi connectivity index (χ1) is 14.5. The lowest BCUT2D eigenvalue weighted by Gasteiger charge is -2.32. The molecule has 1 saturated heterocycles. The highest BCUT2D eigenvalue weighted by atomic mass is 32.1. The van der Waals surface area contributed by atoms with E-state index in [2.05, 4.69) is 53.6 Å². The lowest BCUT2D eigenvalue weighted by Crippen LogP contribution is -2.48. The second-order valence-corrected chi connectivity index (χ2v) is 8.60. The fourth-order valence-electron chi connectivity index (χ4n) is 3.44. The van der Waals surface area contributed by atoms with Crippen molar-refractivity contribution in [2.45, 2.75) is 39.3 Å². The number of carbonyl (C=O) groups excluding carboxylic acids is 1. The topological polar surface area (TPSA) is 53.6 Å². The van der Waals surface area contributed by atoms with Gasteiger partial charge < -0.3 is 10.1 Å². The summed E-state index contributed by atoms with van der Waals surface area (Å²) in [6, 6.07) is 18.0. The standard InChI is InChI=1S/C24H31N3O2S/c1-18(2)17-29-22-10-8-20(9-11-22)23(28)26-24(30)25-21-12-14-27(15-13-21)16-19-6-4-3-5-7-19/h3-11,18,21H,12-17H2,1-2H3,(H2,25,26,28,30). The molecule has 0 unspecified atom stereocenters. The zero-order chi connectivity index (χ0) is 21.3. The van der Waals surface area contributed by atoms with E-state index < -0.39 is 0 Å². The molecular formula is C24H31N3O2S. The van der Waals surface area contributed by atoms with Crippen LogP contribution in [-0.4, -0.2) is 41.7 Å². The summed E-state index contributed by atoms with van der Waals surface area (Å²) < 4.78 is 5.66. The number of amides is 1. The first-order valence-electron chi connectivity index (χ1n) is 10.6. The van der Waals surface area contributed by atoms with Gasteiger partial charge in [0.15, 0.2) is 5.11 Å². The Morgan fingerprint density at radius 2 is 1.77 bits per heavy atom. The second kappa shape index (κ2) is 11.1. The number of carbonyl (C=O) groups is 1. The molecule has 30 heavy (non-hydrogen) atoms. The average molecular weight is 426 g/mol. The van der Waals surface area contributed by atoms with Gasteiger partial charge in [-0.15, -0.1) is 0 Å². The van der Waals surface area contributed by atoms with E-state index in [1.807, 2.05) is 18.2 Å². The molecular weight excluding hydrogens is 394 g/mol. The SMILES string of the molecule is CC(C)COc1ccc(C(=O)NC(=S)NC2CCN(Cc3ccccc3)CC2)cc1. The van der Waals surface area contributed by atoms with Gasteiger partial charge in [0.25, 0.3) is 5.91 Å². The van der Waals surface area contributed by atoms with E-state index in [0.29, 0.717) is 23.2 Å². The summed E-state index contributed by atoms with van der Waals surface area (Å²) in [5.74, 6) is 1.02. The van der Waals surface area contributed by atoms with Gasteiger partial charge in [-0.2, -0.15) is 0 Å². The van der Waals surface area contributed by atoms with Crippen molar-refractivity contribution in [3.05, 3.63) is 65.7 Å². The Morgan fingerprint density at radius 1 is 1.10 bits per heavy atom. The van der Waals surface area contributed by atoms with E-state index in [0.717, 1.165) is 38.2 Å². The summed E-state index contributed by atoms with van der Waals surface area (Å²) in [6.07, 6.45) is 2.01. The van der Waals surface area contributed by atoms with Crippen LogP contribution in [0.3, 0.4) is 0 Å². The molecule has 1 heterocycles. The van der Waals surface area contributed by atoms with E-state index in [1.165, 1.54) is 5.56 Å². The number of nitrogens with zero attached hydrogens (tertiary/aromatic N) is 1. The Balaban J connectivity index is 1.39. The normalized spacial score (nSPS) is 15.0. The zero-order valence-corrected chi connectivity index (χ0v) is 18.6. The molecule has 0 saturated carbocycles. The third-order valence-electron chi connectivity index (χ3n) is 5.10. The van der Waals surface area contributed by atoms with Gasteiger partial charge in [0, 0.05) is 31.2 Å². The molecule has 0 radical (unpaired) electrons. The summed E-state index contributed by atoms with van der Waals surface area (Å²) in [5, 5.41) is 6.48. The predicted molar refractivity (Wildman–Crippen MR) is 125 cm³/mol. The first-order valence-corrected chi connectivity index (χ1v) is 11.0. The minimum absolute atomic E-state index is 0.204. The minimum Gasteiger partial charge on any atom is -0.493 e. The van der Waals surface area contributed by atoms with E-state index >= 15 is 0 Å². The van der Waals surface area contributed by atoms with Crippen LogP contribution in [0, 0.1) is 5.92 Å². The summed E-state index contributed by atoms with van der Waals surface area (Å²) in [7, 11) is 0. The van der Waals surface area contributed by atoms with Crippen molar-refractivity contribution in [1.29, 1.82) is 0 Å². The average Bonchev–Trinajstić information content (AvgIpc) is 2.74. The molecule has 2 aromatic carbocycles. The number of nitrogens with one attached hydrogen (secondary N) is 2. The Labute approximate surface area is 184 Å².